The summed E-state index contributed by atoms with van der Waals surface area (Å²) in [5.74, 6) is 1.94. The molecule has 0 amide bonds. The van der Waals surface area contributed by atoms with Gasteiger partial charge in [-0.15, -0.1) is 0 Å². The summed E-state index contributed by atoms with van der Waals surface area (Å²) < 4.78 is 24.3. The molecule has 1 N–H and O–H groups in total. The van der Waals surface area contributed by atoms with Crippen molar-refractivity contribution in [3.8, 4) is 11.5 Å². The number of H-pyrrole nitrogens is 1. The molecule has 2 heterocycles. The molecule has 0 spiro atoms. The van der Waals surface area contributed by atoms with Crippen molar-refractivity contribution in [2.75, 3.05) is 27.3 Å². The summed E-state index contributed by atoms with van der Waals surface area (Å²) in [4.78, 5) is 2.41. The SMILES string of the molecule is COc1ccc(CN2C[C@@H](c3ccc(F)cc3)[C@H](c3ccn[nH]3)C2)c(OC)c1. The Kier molecular flexibility index (Phi) is 5.30. The van der Waals surface area contributed by atoms with Crippen molar-refractivity contribution in [1.29, 1.82) is 0 Å². The standard InChI is InChI=1S/C22H24FN3O2/c1-27-18-8-5-16(22(11-18)28-2)12-26-13-19(15-3-6-17(23)7-4-15)20(14-26)21-9-10-24-25-21/h3-11,19-20H,12-14H2,1-2H3,(H,24,25)/t19-,20+/m0/s1. The van der Waals surface area contributed by atoms with Crippen molar-refractivity contribution in [2.45, 2.75) is 18.4 Å². The van der Waals surface area contributed by atoms with Crippen LogP contribution in [0, 0.1) is 5.82 Å². The minimum absolute atomic E-state index is 0.209. The summed E-state index contributed by atoms with van der Waals surface area (Å²) in [5.41, 5.74) is 3.37. The van der Waals surface area contributed by atoms with Crippen LogP contribution >= 0.6 is 0 Å². The molecule has 1 aliphatic heterocycles. The van der Waals surface area contributed by atoms with E-state index in [0.717, 1.165) is 48.0 Å². The van der Waals surface area contributed by atoms with E-state index in [2.05, 4.69) is 15.1 Å². The molecule has 2 atom stereocenters. The molecule has 1 fully saturated rings. The van der Waals surface area contributed by atoms with Crippen LogP contribution in [0.1, 0.15) is 28.7 Å². The number of hydrogen-bond donors (Lipinski definition) is 1. The van der Waals surface area contributed by atoms with Gasteiger partial charge in [-0.1, -0.05) is 18.2 Å². The molecular formula is C22H24FN3O2. The highest BCUT2D eigenvalue weighted by Crippen LogP contribution is 2.40. The molecule has 0 radical (unpaired) electrons. The maximum Gasteiger partial charge on any atom is 0.127 e. The Hall–Kier alpha value is -2.86. The van der Waals surface area contributed by atoms with Gasteiger partial charge in [0, 0.05) is 55.0 Å². The highest BCUT2D eigenvalue weighted by molar-refractivity contribution is 5.41. The predicted octanol–water partition coefficient (Wildman–Crippen LogP) is 3.95. The lowest BCUT2D eigenvalue weighted by molar-refractivity contribution is 0.313. The minimum atomic E-state index is -0.209. The van der Waals surface area contributed by atoms with E-state index >= 15 is 0 Å². The monoisotopic (exact) mass is 381 g/mol. The van der Waals surface area contributed by atoms with Gasteiger partial charge in [-0.05, 0) is 29.8 Å². The zero-order chi connectivity index (χ0) is 19.5. The van der Waals surface area contributed by atoms with Gasteiger partial charge >= 0.3 is 0 Å². The van der Waals surface area contributed by atoms with Gasteiger partial charge in [0.05, 0.1) is 14.2 Å². The van der Waals surface area contributed by atoms with Crippen molar-refractivity contribution in [1.82, 2.24) is 15.1 Å². The number of nitrogens with one attached hydrogen (secondary N) is 1. The molecule has 146 valence electrons. The first kappa shape index (κ1) is 18.5. The number of aromatic nitrogens is 2. The van der Waals surface area contributed by atoms with Gasteiger partial charge in [0.15, 0.2) is 0 Å². The quantitative estimate of drug-likeness (QED) is 0.702. The van der Waals surface area contributed by atoms with Gasteiger partial charge in [0.2, 0.25) is 0 Å². The molecule has 4 rings (SSSR count). The highest BCUT2D eigenvalue weighted by Gasteiger charge is 2.35. The fourth-order valence-corrected chi connectivity index (χ4v) is 4.07. The Morgan fingerprint density at radius 2 is 1.82 bits per heavy atom. The Bertz CT molecular complexity index is 912. The lowest BCUT2D eigenvalue weighted by atomic mass is 9.87. The first-order valence-electron chi connectivity index (χ1n) is 9.36. The van der Waals surface area contributed by atoms with E-state index in [4.69, 9.17) is 9.47 Å². The normalized spacial score (nSPS) is 19.7. The fraction of sp³-hybridized carbons (Fsp3) is 0.318. The molecule has 0 bridgehead atoms. The van der Waals surface area contributed by atoms with Crippen LogP contribution in [0.4, 0.5) is 4.39 Å². The molecule has 6 heteroatoms. The topological polar surface area (TPSA) is 50.4 Å². The Balaban J connectivity index is 1.59. The zero-order valence-corrected chi connectivity index (χ0v) is 16.1. The molecule has 0 unspecified atom stereocenters. The van der Waals surface area contributed by atoms with Crippen molar-refractivity contribution >= 4 is 0 Å². The van der Waals surface area contributed by atoms with Crippen molar-refractivity contribution in [3.63, 3.8) is 0 Å². The molecule has 0 saturated carbocycles. The Morgan fingerprint density at radius 3 is 2.50 bits per heavy atom. The summed E-state index contributed by atoms with van der Waals surface area (Å²) in [6.45, 7) is 2.54. The van der Waals surface area contributed by atoms with E-state index in [0.29, 0.717) is 0 Å². The maximum absolute atomic E-state index is 13.4. The van der Waals surface area contributed by atoms with E-state index in [1.54, 1.807) is 20.4 Å². The number of likely N-dealkylation sites (tertiary alicyclic amines) is 1. The summed E-state index contributed by atoms with van der Waals surface area (Å²) in [5, 5.41) is 7.25. The second kappa shape index (κ2) is 8.02. The molecule has 1 aliphatic rings. The maximum atomic E-state index is 13.4. The van der Waals surface area contributed by atoms with Gasteiger partial charge in [-0.3, -0.25) is 10.00 Å². The number of aromatic amines is 1. The minimum Gasteiger partial charge on any atom is -0.497 e. The molecule has 2 aromatic carbocycles. The van der Waals surface area contributed by atoms with Crippen LogP contribution in [0.2, 0.25) is 0 Å². The third kappa shape index (κ3) is 3.73. The zero-order valence-electron chi connectivity index (χ0n) is 16.1. The lowest BCUT2D eigenvalue weighted by Gasteiger charge is -2.18. The molecule has 5 nitrogen and oxygen atoms in total. The van der Waals surface area contributed by atoms with E-state index in [9.17, 15) is 4.39 Å². The third-order valence-corrected chi connectivity index (χ3v) is 5.50. The number of ether oxygens (including phenoxy) is 2. The average molecular weight is 381 g/mol. The summed E-state index contributed by atoms with van der Waals surface area (Å²) in [6, 6.07) is 14.8. The van der Waals surface area contributed by atoms with Crippen LogP contribution in [0.25, 0.3) is 0 Å². The number of nitrogens with zero attached hydrogens (tertiary/aromatic N) is 2. The van der Waals surface area contributed by atoms with Crippen LogP contribution in [0.3, 0.4) is 0 Å². The van der Waals surface area contributed by atoms with Gasteiger partial charge in [0.1, 0.15) is 17.3 Å². The number of benzene rings is 2. The first-order valence-corrected chi connectivity index (χ1v) is 9.36. The Labute approximate surface area is 164 Å². The number of halogens is 1. The van der Waals surface area contributed by atoms with Gasteiger partial charge < -0.3 is 9.47 Å². The summed E-state index contributed by atoms with van der Waals surface area (Å²) in [6.07, 6.45) is 1.78. The van der Waals surface area contributed by atoms with Crippen LogP contribution in [0.5, 0.6) is 11.5 Å². The largest absolute Gasteiger partial charge is 0.497 e. The van der Waals surface area contributed by atoms with Crippen LogP contribution in [-0.4, -0.2) is 42.4 Å². The van der Waals surface area contributed by atoms with Gasteiger partial charge in [0.25, 0.3) is 0 Å². The third-order valence-electron chi connectivity index (χ3n) is 5.50. The summed E-state index contributed by atoms with van der Waals surface area (Å²) in [7, 11) is 3.33. The first-order chi connectivity index (χ1) is 13.7. The predicted molar refractivity (Wildman–Crippen MR) is 105 cm³/mol. The smallest absolute Gasteiger partial charge is 0.127 e. The van der Waals surface area contributed by atoms with Gasteiger partial charge in [-0.25, -0.2) is 4.39 Å². The van der Waals surface area contributed by atoms with Crippen molar-refractivity contribution in [2.24, 2.45) is 0 Å². The molecule has 3 aromatic rings. The molecule has 1 saturated heterocycles. The number of hydrogen-bond acceptors (Lipinski definition) is 4. The number of rotatable bonds is 6. The van der Waals surface area contributed by atoms with E-state index < -0.39 is 0 Å². The lowest BCUT2D eigenvalue weighted by Crippen LogP contribution is -2.20. The van der Waals surface area contributed by atoms with Crippen LogP contribution in [-0.2, 0) is 6.54 Å². The fourth-order valence-electron chi connectivity index (χ4n) is 4.07. The van der Waals surface area contributed by atoms with Crippen molar-refractivity contribution < 1.29 is 13.9 Å². The second-order valence-electron chi connectivity index (χ2n) is 7.15. The van der Waals surface area contributed by atoms with E-state index in [1.165, 1.54) is 12.1 Å². The van der Waals surface area contributed by atoms with E-state index in [-0.39, 0.29) is 17.7 Å². The Morgan fingerprint density at radius 1 is 1.04 bits per heavy atom. The molecule has 1 aromatic heterocycles. The highest BCUT2D eigenvalue weighted by atomic mass is 19.1. The molecule has 0 aliphatic carbocycles. The van der Waals surface area contributed by atoms with Crippen LogP contribution < -0.4 is 9.47 Å². The molecule has 28 heavy (non-hydrogen) atoms. The van der Waals surface area contributed by atoms with Crippen molar-refractivity contribution in [3.05, 3.63) is 77.4 Å². The van der Waals surface area contributed by atoms with Gasteiger partial charge in [-0.2, -0.15) is 5.10 Å². The summed E-state index contributed by atoms with van der Waals surface area (Å²) >= 11 is 0. The van der Waals surface area contributed by atoms with E-state index in [1.807, 2.05) is 36.4 Å². The average Bonchev–Trinajstić information content (AvgIpc) is 3.38. The second-order valence-corrected chi connectivity index (χ2v) is 7.15. The number of methoxy groups -OCH3 is 2. The van der Waals surface area contributed by atoms with Crippen LogP contribution in [0.15, 0.2) is 54.7 Å². The molecular weight excluding hydrogens is 357 g/mol.